The Hall–Kier alpha value is -2.87. The minimum absolute atomic E-state index is 0.114. The van der Waals surface area contributed by atoms with Crippen molar-refractivity contribution in [3.05, 3.63) is 94.5 Å². The molecule has 0 heterocycles. The van der Waals surface area contributed by atoms with Crippen molar-refractivity contribution in [1.82, 2.24) is 10.0 Å². The van der Waals surface area contributed by atoms with Crippen molar-refractivity contribution in [3.8, 4) is 5.75 Å². The average Bonchev–Trinajstić information content (AvgIpc) is 2.84. The van der Waals surface area contributed by atoms with Crippen LogP contribution >= 0.6 is 11.6 Å². The third kappa shape index (κ3) is 5.60. The number of amides is 1. The molecule has 1 aliphatic rings. The van der Waals surface area contributed by atoms with Crippen LogP contribution in [0.5, 0.6) is 5.75 Å². The van der Waals surface area contributed by atoms with Crippen molar-refractivity contribution in [2.24, 2.45) is 0 Å². The van der Waals surface area contributed by atoms with Crippen molar-refractivity contribution in [3.63, 3.8) is 0 Å². The van der Waals surface area contributed by atoms with Gasteiger partial charge in [-0.2, -0.15) is 4.72 Å². The molecule has 2 atom stereocenters. The minimum atomic E-state index is -4.11. The average molecular weight is 499 g/mol. The van der Waals surface area contributed by atoms with Crippen LogP contribution in [0.3, 0.4) is 0 Å². The van der Waals surface area contributed by atoms with Crippen LogP contribution in [0.2, 0.25) is 5.02 Å². The molecule has 3 aromatic rings. The summed E-state index contributed by atoms with van der Waals surface area (Å²) < 4.78 is 34.5. The number of carbonyl (C=O) groups is 1. The van der Waals surface area contributed by atoms with Gasteiger partial charge in [-0.1, -0.05) is 66.2 Å². The van der Waals surface area contributed by atoms with Gasteiger partial charge in [0.25, 0.3) is 0 Å². The number of carbonyl (C=O) groups excluding carboxylic acids is 1. The topological polar surface area (TPSA) is 84.5 Å². The summed E-state index contributed by atoms with van der Waals surface area (Å²) in [6.45, 7) is 0. The van der Waals surface area contributed by atoms with Crippen LogP contribution in [0.1, 0.15) is 35.6 Å². The molecular formula is C26H27ClN2O4S. The fourth-order valence-corrected chi connectivity index (χ4v) is 5.95. The number of ether oxygens (including phenoxy) is 1. The van der Waals surface area contributed by atoms with Crippen LogP contribution in [-0.2, 0) is 27.7 Å². The number of methoxy groups -OCH3 is 1. The highest BCUT2D eigenvalue weighted by atomic mass is 35.5. The Morgan fingerprint density at radius 1 is 1.09 bits per heavy atom. The summed E-state index contributed by atoms with van der Waals surface area (Å²) in [7, 11) is -2.73. The lowest BCUT2D eigenvalue weighted by Gasteiger charge is -2.28. The first-order valence-corrected chi connectivity index (χ1v) is 13.0. The zero-order valence-electron chi connectivity index (χ0n) is 18.8. The molecule has 1 amide bonds. The first-order valence-electron chi connectivity index (χ1n) is 11.2. The first-order chi connectivity index (χ1) is 16.4. The molecule has 0 radical (unpaired) electrons. The quantitative estimate of drug-likeness (QED) is 0.481. The van der Waals surface area contributed by atoms with Gasteiger partial charge in [0.15, 0.2) is 0 Å². The highest BCUT2D eigenvalue weighted by Crippen LogP contribution is 2.30. The zero-order valence-corrected chi connectivity index (χ0v) is 20.4. The van der Waals surface area contributed by atoms with Gasteiger partial charge >= 0.3 is 0 Å². The molecule has 0 aromatic heterocycles. The van der Waals surface area contributed by atoms with E-state index in [0.717, 1.165) is 30.4 Å². The molecule has 8 heteroatoms. The summed E-state index contributed by atoms with van der Waals surface area (Å²) in [5.41, 5.74) is 3.13. The highest BCUT2D eigenvalue weighted by Gasteiger charge is 2.31. The molecule has 6 nitrogen and oxygen atoms in total. The molecule has 0 bridgehead atoms. The molecule has 0 spiro atoms. The number of rotatable bonds is 8. The van der Waals surface area contributed by atoms with Crippen LogP contribution < -0.4 is 14.8 Å². The van der Waals surface area contributed by atoms with Gasteiger partial charge in [-0.25, -0.2) is 8.42 Å². The standard InChI is InChI=1S/C26H27ClN2O4S/c1-33-24-15-14-20(27)17-25(24)34(31,32)29-23(16-18-8-3-2-4-9-18)26(30)28-22-13-7-11-19-10-5-6-12-21(19)22/h2-6,8-10,12,14-15,17,22-23,29H,7,11,13,16H2,1H3,(H,28,30)/t22-,23+/m0/s1. The predicted molar refractivity (Wildman–Crippen MR) is 133 cm³/mol. The maximum Gasteiger partial charge on any atom is 0.245 e. The third-order valence-electron chi connectivity index (χ3n) is 6.00. The van der Waals surface area contributed by atoms with Gasteiger partial charge in [0, 0.05) is 5.02 Å². The summed E-state index contributed by atoms with van der Waals surface area (Å²) in [5, 5.41) is 3.34. The number of hydrogen-bond donors (Lipinski definition) is 2. The lowest BCUT2D eigenvalue weighted by atomic mass is 9.87. The summed E-state index contributed by atoms with van der Waals surface area (Å²) >= 11 is 6.06. The normalized spacial score (nSPS) is 16.4. The van der Waals surface area contributed by atoms with E-state index < -0.39 is 16.1 Å². The van der Waals surface area contributed by atoms with E-state index in [2.05, 4.69) is 16.1 Å². The van der Waals surface area contributed by atoms with Crippen molar-refractivity contribution < 1.29 is 17.9 Å². The minimum Gasteiger partial charge on any atom is -0.495 e. The van der Waals surface area contributed by atoms with Gasteiger partial charge in [0.05, 0.1) is 13.2 Å². The fraction of sp³-hybridized carbons (Fsp3) is 0.269. The Bertz CT molecular complexity index is 1260. The van der Waals surface area contributed by atoms with E-state index in [9.17, 15) is 13.2 Å². The first kappa shape index (κ1) is 24.3. The van der Waals surface area contributed by atoms with Crippen LogP contribution in [0.4, 0.5) is 0 Å². The number of halogens is 1. The number of fused-ring (bicyclic) bond motifs is 1. The highest BCUT2D eigenvalue weighted by molar-refractivity contribution is 7.89. The Morgan fingerprint density at radius 3 is 2.59 bits per heavy atom. The van der Waals surface area contributed by atoms with E-state index in [1.54, 1.807) is 6.07 Å². The molecule has 0 unspecified atom stereocenters. The molecule has 0 fully saturated rings. The molecule has 2 N–H and O–H groups in total. The van der Waals surface area contributed by atoms with Crippen molar-refractivity contribution >= 4 is 27.5 Å². The van der Waals surface area contributed by atoms with E-state index in [1.807, 2.05) is 48.5 Å². The molecule has 0 aliphatic heterocycles. The Kier molecular flexibility index (Phi) is 7.56. The smallest absolute Gasteiger partial charge is 0.245 e. The van der Waals surface area contributed by atoms with Crippen LogP contribution in [0, 0.1) is 0 Å². The summed E-state index contributed by atoms with van der Waals surface area (Å²) in [6, 6.07) is 20.5. The number of nitrogens with one attached hydrogen (secondary N) is 2. The lowest BCUT2D eigenvalue weighted by Crippen LogP contribution is -2.49. The van der Waals surface area contributed by atoms with E-state index in [4.69, 9.17) is 16.3 Å². The molecule has 34 heavy (non-hydrogen) atoms. The molecule has 0 saturated carbocycles. The number of hydrogen-bond acceptors (Lipinski definition) is 4. The van der Waals surface area contributed by atoms with E-state index >= 15 is 0 Å². The maximum absolute atomic E-state index is 13.5. The number of aryl methyl sites for hydroxylation is 1. The van der Waals surface area contributed by atoms with Gasteiger partial charge in [0.2, 0.25) is 15.9 Å². The van der Waals surface area contributed by atoms with Crippen LogP contribution in [0.15, 0.2) is 77.7 Å². The summed E-state index contributed by atoms with van der Waals surface area (Å²) in [5.74, 6) is -0.230. The summed E-state index contributed by atoms with van der Waals surface area (Å²) in [6.07, 6.45) is 2.92. The van der Waals surface area contributed by atoms with Crippen molar-refractivity contribution in [2.75, 3.05) is 7.11 Å². The second kappa shape index (κ2) is 10.6. The second-order valence-corrected chi connectivity index (χ2v) is 10.4. The fourth-order valence-electron chi connectivity index (χ4n) is 4.33. The van der Waals surface area contributed by atoms with Crippen molar-refractivity contribution in [1.29, 1.82) is 0 Å². The SMILES string of the molecule is COc1ccc(Cl)cc1S(=O)(=O)N[C@H](Cc1ccccc1)C(=O)N[C@H]1CCCc2ccccc21. The molecule has 4 rings (SSSR count). The van der Waals surface area contributed by atoms with Crippen LogP contribution in [-0.4, -0.2) is 27.5 Å². The molecule has 0 saturated heterocycles. The molecule has 3 aromatic carbocycles. The molecular weight excluding hydrogens is 472 g/mol. The van der Waals surface area contributed by atoms with Gasteiger partial charge in [-0.15, -0.1) is 0 Å². The van der Waals surface area contributed by atoms with E-state index in [1.165, 1.54) is 24.8 Å². The third-order valence-corrected chi connectivity index (χ3v) is 7.73. The van der Waals surface area contributed by atoms with Gasteiger partial charge in [0.1, 0.15) is 16.7 Å². The number of benzene rings is 3. The van der Waals surface area contributed by atoms with Crippen molar-refractivity contribution in [2.45, 2.75) is 42.7 Å². The van der Waals surface area contributed by atoms with E-state index in [-0.39, 0.29) is 34.0 Å². The zero-order chi connectivity index (χ0) is 24.1. The van der Waals surface area contributed by atoms with Crippen LogP contribution in [0.25, 0.3) is 0 Å². The Labute approximate surface area is 205 Å². The second-order valence-electron chi connectivity index (χ2n) is 8.31. The Morgan fingerprint density at radius 2 is 1.82 bits per heavy atom. The molecule has 178 valence electrons. The largest absolute Gasteiger partial charge is 0.495 e. The maximum atomic E-state index is 13.5. The monoisotopic (exact) mass is 498 g/mol. The lowest BCUT2D eigenvalue weighted by molar-refractivity contribution is -0.123. The molecule has 1 aliphatic carbocycles. The number of sulfonamides is 1. The van der Waals surface area contributed by atoms with Gasteiger partial charge in [-0.3, -0.25) is 4.79 Å². The van der Waals surface area contributed by atoms with E-state index in [0.29, 0.717) is 0 Å². The Balaban J connectivity index is 1.62. The van der Waals surface area contributed by atoms with Gasteiger partial charge in [-0.05, 0) is 60.6 Å². The summed E-state index contributed by atoms with van der Waals surface area (Å²) in [4.78, 5) is 13.3. The van der Waals surface area contributed by atoms with Gasteiger partial charge < -0.3 is 10.1 Å². The predicted octanol–water partition coefficient (Wildman–Crippen LogP) is 4.43.